The lowest BCUT2D eigenvalue weighted by molar-refractivity contribution is 1.10. The van der Waals surface area contributed by atoms with Crippen LogP contribution in [-0.4, -0.2) is 4.98 Å². The molecule has 0 saturated carbocycles. The first kappa shape index (κ1) is 18.2. The average molecular weight is 318 g/mol. The molecule has 0 unspecified atom stereocenters. The van der Waals surface area contributed by atoms with Crippen molar-refractivity contribution in [1.29, 1.82) is 0 Å². The quantitative estimate of drug-likeness (QED) is 0.807. The van der Waals surface area contributed by atoms with E-state index in [-0.39, 0.29) is 10.6 Å². The molecule has 0 amide bonds. The highest BCUT2D eigenvalue weighted by atomic mass is 35.5. The highest BCUT2D eigenvalue weighted by Crippen LogP contribution is 2.18. The van der Waals surface area contributed by atoms with E-state index in [1.54, 1.807) is 0 Å². The number of halogens is 1. The zero-order chi connectivity index (χ0) is 16.7. The summed E-state index contributed by atoms with van der Waals surface area (Å²) in [6.45, 7) is 10.0. The largest absolute Gasteiger partial charge is 0.325 e. The number of benzene rings is 1. The van der Waals surface area contributed by atoms with Crippen LogP contribution in [0.1, 0.15) is 41.8 Å². The third kappa shape index (κ3) is 4.60. The molecule has 1 heterocycles. The van der Waals surface area contributed by atoms with Gasteiger partial charge in [-0.05, 0) is 50.8 Å². The first-order valence-electron chi connectivity index (χ1n) is 7.48. The van der Waals surface area contributed by atoms with Gasteiger partial charge in [0.05, 0.1) is 0 Å². The van der Waals surface area contributed by atoms with Gasteiger partial charge in [-0.1, -0.05) is 54.9 Å². The molecule has 2 aromatic rings. The molecule has 0 radical (unpaired) electrons. The van der Waals surface area contributed by atoms with Gasteiger partial charge in [-0.15, -0.1) is 0 Å². The lowest BCUT2D eigenvalue weighted by Gasteiger charge is -2.05. The predicted octanol–water partition coefficient (Wildman–Crippen LogP) is 5.24. The molecule has 0 aliphatic carbocycles. The Hall–Kier alpha value is -1.80. The third-order valence-electron chi connectivity index (χ3n) is 3.68. The monoisotopic (exact) mass is 317 g/mol. The van der Waals surface area contributed by atoms with Gasteiger partial charge in [-0.2, -0.15) is 0 Å². The van der Waals surface area contributed by atoms with Crippen molar-refractivity contribution < 1.29 is 0 Å². The Morgan fingerprint density at radius 3 is 2.32 bits per heavy atom. The van der Waals surface area contributed by atoms with Gasteiger partial charge in [0.2, 0.25) is 0 Å². The Labute approximate surface area is 137 Å². The van der Waals surface area contributed by atoms with Gasteiger partial charge in [0.1, 0.15) is 5.02 Å². The summed E-state index contributed by atoms with van der Waals surface area (Å²) in [5.74, 6) is 0. The maximum absolute atomic E-state index is 11.3. The van der Waals surface area contributed by atoms with Gasteiger partial charge in [-0.3, -0.25) is 4.79 Å². The van der Waals surface area contributed by atoms with Crippen LogP contribution in [0.3, 0.4) is 0 Å². The SMILES string of the molecule is C/C=C\c1c(C)c(C)[nH]c(=O)c1Cl.CCc1ccccc1C. The van der Waals surface area contributed by atoms with E-state index >= 15 is 0 Å². The van der Waals surface area contributed by atoms with Crippen LogP contribution in [-0.2, 0) is 6.42 Å². The van der Waals surface area contributed by atoms with Crippen molar-refractivity contribution in [2.24, 2.45) is 0 Å². The lowest BCUT2D eigenvalue weighted by atomic mass is 10.1. The van der Waals surface area contributed by atoms with Crippen molar-refractivity contribution in [3.63, 3.8) is 0 Å². The van der Waals surface area contributed by atoms with Gasteiger partial charge < -0.3 is 4.98 Å². The summed E-state index contributed by atoms with van der Waals surface area (Å²) in [6, 6.07) is 8.49. The molecular weight excluding hydrogens is 294 g/mol. The highest BCUT2D eigenvalue weighted by Gasteiger charge is 2.07. The fourth-order valence-corrected chi connectivity index (χ4v) is 2.43. The molecule has 118 valence electrons. The molecule has 2 rings (SSSR count). The van der Waals surface area contributed by atoms with Crippen molar-refractivity contribution in [3.05, 3.63) is 73.7 Å². The van der Waals surface area contributed by atoms with Crippen molar-refractivity contribution in [2.45, 2.75) is 41.0 Å². The standard InChI is InChI=1S/C10H12ClNO.C9H12/c1-4-5-8-6(2)7(3)12-10(13)9(8)11;1-3-9-7-5-4-6-8(9)2/h4-5H,1-3H3,(H,12,13);4-7H,3H2,1-2H3/b5-4-;. The van der Waals surface area contributed by atoms with Crippen LogP contribution in [0.25, 0.3) is 6.08 Å². The Bertz CT molecular complexity index is 714. The maximum atomic E-state index is 11.3. The number of rotatable bonds is 2. The first-order valence-corrected chi connectivity index (χ1v) is 7.86. The second-order valence-electron chi connectivity index (χ2n) is 5.21. The molecule has 0 spiro atoms. The first-order chi connectivity index (χ1) is 10.4. The van der Waals surface area contributed by atoms with Crippen LogP contribution < -0.4 is 5.56 Å². The summed E-state index contributed by atoms with van der Waals surface area (Å²) in [4.78, 5) is 14.0. The summed E-state index contributed by atoms with van der Waals surface area (Å²) in [7, 11) is 0. The van der Waals surface area contributed by atoms with E-state index in [2.05, 4.69) is 43.1 Å². The minimum Gasteiger partial charge on any atom is -0.325 e. The molecule has 0 aliphatic rings. The van der Waals surface area contributed by atoms with Gasteiger partial charge in [0.25, 0.3) is 5.56 Å². The number of aromatic amines is 1. The van der Waals surface area contributed by atoms with Gasteiger partial charge in [0.15, 0.2) is 0 Å². The fraction of sp³-hybridized carbons (Fsp3) is 0.316. The third-order valence-corrected chi connectivity index (χ3v) is 4.05. The Morgan fingerprint density at radius 2 is 1.82 bits per heavy atom. The molecule has 1 N–H and O–H groups in total. The molecule has 3 heteroatoms. The second kappa shape index (κ2) is 8.60. The molecule has 1 aromatic heterocycles. The average Bonchev–Trinajstić information content (AvgIpc) is 2.51. The predicted molar refractivity (Wildman–Crippen MR) is 96.8 cm³/mol. The van der Waals surface area contributed by atoms with Crippen LogP contribution in [0.15, 0.2) is 35.1 Å². The summed E-state index contributed by atoms with van der Waals surface area (Å²) in [5.41, 5.74) is 5.32. The van der Waals surface area contributed by atoms with Gasteiger partial charge >= 0.3 is 0 Å². The van der Waals surface area contributed by atoms with E-state index in [0.717, 1.165) is 23.2 Å². The topological polar surface area (TPSA) is 32.9 Å². The number of nitrogens with one attached hydrogen (secondary N) is 1. The van der Waals surface area contributed by atoms with Crippen LogP contribution in [0, 0.1) is 20.8 Å². The smallest absolute Gasteiger partial charge is 0.267 e. The summed E-state index contributed by atoms with van der Waals surface area (Å²) in [6.07, 6.45) is 4.86. The summed E-state index contributed by atoms with van der Waals surface area (Å²) in [5, 5.41) is 0.265. The minimum absolute atomic E-state index is 0.224. The molecule has 0 aliphatic heterocycles. The van der Waals surface area contributed by atoms with Crippen LogP contribution in [0.4, 0.5) is 0 Å². The van der Waals surface area contributed by atoms with E-state index in [1.807, 2.05) is 32.9 Å². The van der Waals surface area contributed by atoms with E-state index in [4.69, 9.17) is 11.6 Å². The van der Waals surface area contributed by atoms with Crippen LogP contribution in [0.2, 0.25) is 5.02 Å². The van der Waals surface area contributed by atoms with Crippen molar-refractivity contribution in [2.75, 3.05) is 0 Å². The number of aromatic nitrogens is 1. The van der Waals surface area contributed by atoms with Crippen LogP contribution >= 0.6 is 11.6 Å². The molecule has 1 aromatic carbocycles. The molecular formula is C19H24ClNO. The molecule has 0 saturated heterocycles. The lowest BCUT2D eigenvalue weighted by Crippen LogP contribution is -2.11. The molecule has 22 heavy (non-hydrogen) atoms. The number of H-pyrrole nitrogens is 1. The number of aryl methyl sites for hydroxylation is 3. The van der Waals surface area contributed by atoms with Crippen molar-refractivity contribution >= 4 is 17.7 Å². The zero-order valence-electron chi connectivity index (χ0n) is 14.0. The molecule has 0 fully saturated rings. The highest BCUT2D eigenvalue weighted by molar-refractivity contribution is 6.32. The zero-order valence-corrected chi connectivity index (χ0v) is 14.7. The Morgan fingerprint density at radius 1 is 1.18 bits per heavy atom. The minimum atomic E-state index is -0.224. The van der Waals surface area contributed by atoms with E-state index in [0.29, 0.717) is 0 Å². The maximum Gasteiger partial charge on any atom is 0.267 e. The van der Waals surface area contributed by atoms with E-state index in [1.165, 1.54) is 11.1 Å². The van der Waals surface area contributed by atoms with Crippen molar-refractivity contribution in [3.8, 4) is 0 Å². The number of pyridine rings is 1. The number of allylic oxidation sites excluding steroid dienone is 1. The van der Waals surface area contributed by atoms with Gasteiger partial charge in [0, 0.05) is 11.3 Å². The Kier molecular flexibility index (Phi) is 7.13. The summed E-state index contributed by atoms with van der Waals surface area (Å²) < 4.78 is 0. The normalized spacial score (nSPS) is 10.5. The number of hydrogen-bond donors (Lipinski definition) is 1. The van der Waals surface area contributed by atoms with Crippen molar-refractivity contribution in [1.82, 2.24) is 4.98 Å². The van der Waals surface area contributed by atoms with Gasteiger partial charge in [-0.25, -0.2) is 0 Å². The van der Waals surface area contributed by atoms with E-state index in [9.17, 15) is 4.79 Å². The number of hydrogen-bond acceptors (Lipinski definition) is 1. The molecule has 2 nitrogen and oxygen atoms in total. The fourth-order valence-electron chi connectivity index (χ4n) is 2.18. The Balaban J connectivity index is 0.000000235. The van der Waals surface area contributed by atoms with E-state index < -0.39 is 0 Å². The molecule has 0 bridgehead atoms. The molecule has 0 atom stereocenters. The summed E-state index contributed by atoms with van der Waals surface area (Å²) >= 11 is 5.85. The second-order valence-corrected chi connectivity index (χ2v) is 5.59. The van der Waals surface area contributed by atoms with Crippen LogP contribution in [0.5, 0.6) is 0 Å².